The number of hydrogen-bond acceptors (Lipinski definition) is 2. The highest BCUT2D eigenvalue weighted by Crippen LogP contribution is 2.25. The normalized spacial score (nSPS) is 10.3. The standard InChI is InChI=1S/C10H10F2N2/c1-6-5-9(10(11)12)8(3-4-13)7(2)14-6/h5,10H,3H2,1-2H3. The zero-order valence-electron chi connectivity index (χ0n) is 8.01. The molecule has 0 aliphatic rings. The van der Waals surface area contributed by atoms with Crippen molar-refractivity contribution in [2.45, 2.75) is 26.7 Å². The zero-order chi connectivity index (χ0) is 10.7. The maximum Gasteiger partial charge on any atom is 0.264 e. The molecular formula is C10H10F2N2. The Morgan fingerprint density at radius 1 is 1.50 bits per heavy atom. The first-order chi connectivity index (χ1) is 6.56. The van der Waals surface area contributed by atoms with Crippen molar-refractivity contribution in [3.05, 3.63) is 28.6 Å². The zero-order valence-corrected chi connectivity index (χ0v) is 8.01. The molecule has 0 saturated carbocycles. The van der Waals surface area contributed by atoms with Crippen molar-refractivity contribution in [2.75, 3.05) is 0 Å². The van der Waals surface area contributed by atoms with E-state index in [1.165, 1.54) is 6.07 Å². The van der Waals surface area contributed by atoms with Crippen LogP contribution in [0.1, 0.15) is 28.9 Å². The molecule has 0 aromatic carbocycles. The monoisotopic (exact) mass is 196 g/mol. The molecule has 1 rings (SSSR count). The minimum Gasteiger partial charge on any atom is -0.258 e. The number of hydrogen-bond donors (Lipinski definition) is 0. The maximum absolute atomic E-state index is 12.6. The fraction of sp³-hybridized carbons (Fsp3) is 0.400. The van der Waals surface area contributed by atoms with Gasteiger partial charge in [0.2, 0.25) is 0 Å². The summed E-state index contributed by atoms with van der Waals surface area (Å²) in [6.07, 6.45) is -2.56. The van der Waals surface area contributed by atoms with Crippen LogP contribution in [0.15, 0.2) is 6.07 Å². The number of nitrogens with zero attached hydrogens (tertiary/aromatic N) is 2. The van der Waals surface area contributed by atoms with Gasteiger partial charge in [-0.15, -0.1) is 0 Å². The topological polar surface area (TPSA) is 36.7 Å². The molecule has 0 aliphatic carbocycles. The molecule has 0 spiro atoms. The molecule has 1 aromatic heterocycles. The quantitative estimate of drug-likeness (QED) is 0.729. The minimum atomic E-state index is -2.54. The van der Waals surface area contributed by atoms with E-state index in [2.05, 4.69) is 4.98 Å². The SMILES string of the molecule is Cc1cc(C(F)F)c(CC#N)c(C)n1. The number of alkyl halides is 2. The molecule has 0 atom stereocenters. The van der Waals surface area contributed by atoms with Crippen LogP contribution in [0, 0.1) is 25.2 Å². The second kappa shape index (κ2) is 4.14. The lowest BCUT2D eigenvalue weighted by Gasteiger charge is -2.09. The van der Waals surface area contributed by atoms with Crippen molar-refractivity contribution in [1.29, 1.82) is 5.26 Å². The van der Waals surface area contributed by atoms with Crippen LogP contribution >= 0.6 is 0 Å². The van der Waals surface area contributed by atoms with Gasteiger partial charge in [-0.3, -0.25) is 4.98 Å². The summed E-state index contributed by atoms with van der Waals surface area (Å²) in [5.41, 5.74) is 1.35. The van der Waals surface area contributed by atoms with E-state index in [0.717, 1.165) is 0 Å². The van der Waals surface area contributed by atoms with Crippen molar-refractivity contribution in [3.8, 4) is 6.07 Å². The summed E-state index contributed by atoms with van der Waals surface area (Å²) >= 11 is 0. The third-order valence-corrected chi connectivity index (χ3v) is 1.98. The van der Waals surface area contributed by atoms with Gasteiger partial charge in [-0.2, -0.15) is 5.26 Å². The second-order valence-corrected chi connectivity index (χ2v) is 3.05. The molecule has 14 heavy (non-hydrogen) atoms. The number of rotatable bonds is 2. The van der Waals surface area contributed by atoms with Crippen LogP contribution in [-0.4, -0.2) is 4.98 Å². The van der Waals surface area contributed by atoms with Gasteiger partial charge >= 0.3 is 0 Å². The maximum atomic E-state index is 12.6. The molecule has 1 aromatic rings. The largest absolute Gasteiger partial charge is 0.264 e. The molecule has 0 aliphatic heterocycles. The minimum absolute atomic E-state index is 0.0151. The highest BCUT2D eigenvalue weighted by molar-refractivity contribution is 5.34. The molecule has 2 nitrogen and oxygen atoms in total. The Morgan fingerprint density at radius 2 is 2.14 bits per heavy atom. The number of halogens is 2. The van der Waals surface area contributed by atoms with Gasteiger partial charge in [-0.1, -0.05) is 0 Å². The lowest BCUT2D eigenvalue weighted by atomic mass is 10.0. The van der Waals surface area contributed by atoms with Gasteiger partial charge in [0.1, 0.15) is 0 Å². The lowest BCUT2D eigenvalue weighted by Crippen LogP contribution is -2.01. The van der Waals surface area contributed by atoms with E-state index in [1.54, 1.807) is 13.8 Å². The van der Waals surface area contributed by atoms with Crippen LogP contribution in [-0.2, 0) is 6.42 Å². The highest BCUT2D eigenvalue weighted by atomic mass is 19.3. The first-order valence-electron chi connectivity index (χ1n) is 4.18. The van der Waals surface area contributed by atoms with Crippen LogP contribution in [0.2, 0.25) is 0 Å². The van der Waals surface area contributed by atoms with Gasteiger partial charge in [0, 0.05) is 17.0 Å². The molecular weight excluding hydrogens is 186 g/mol. The van der Waals surface area contributed by atoms with Crippen LogP contribution in [0.3, 0.4) is 0 Å². The number of nitriles is 1. The van der Waals surface area contributed by atoms with E-state index in [1.807, 2.05) is 6.07 Å². The third kappa shape index (κ3) is 2.05. The molecule has 0 fully saturated rings. The van der Waals surface area contributed by atoms with Crippen molar-refractivity contribution in [3.63, 3.8) is 0 Å². The van der Waals surface area contributed by atoms with Gasteiger partial charge in [0.05, 0.1) is 12.5 Å². The van der Waals surface area contributed by atoms with E-state index in [0.29, 0.717) is 17.0 Å². The summed E-state index contributed by atoms with van der Waals surface area (Å²) in [5.74, 6) is 0. The fourth-order valence-corrected chi connectivity index (χ4v) is 1.39. The molecule has 1 heterocycles. The van der Waals surface area contributed by atoms with Gasteiger partial charge in [-0.05, 0) is 25.5 Å². The van der Waals surface area contributed by atoms with Crippen molar-refractivity contribution in [2.24, 2.45) is 0 Å². The number of aromatic nitrogens is 1. The first-order valence-corrected chi connectivity index (χ1v) is 4.18. The molecule has 74 valence electrons. The Labute approximate surface area is 81.2 Å². The summed E-state index contributed by atoms with van der Waals surface area (Å²) in [4.78, 5) is 4.05. The fourth-order valence-electron chi connectivity index (χ4n) is 1.39. The Hall–Kier alpha value is -1.50. The van der Waals surface area contributed by atoms with Crippen LogP contribution in [0.5, 0.6) is 0 Å². The van der Waals surface area contributed by atoms with Crippen molar-refractivity contribution in [1.82, 2.24) is 4.98 Å². The van der Waals surface area contributed by atoms with Crippen molar-refractivity contribution >= 4 is 0 Å². The highest BCUT2D eigenvalue weighted by Gasteiger charge is 2.15. The van der Waals surface area contributed by atoms with Gasteiger partial charge in [-0.25, -0.2) is 8.78 Å². The van der Waals surface area contributed by atoms with E-state index in [4.69, 9.17) is 5.26 Å². The summed E-state index contributed by atoms with van der Waals surface area (Å²) in [5, 5.41) is 8.50. The van der Waals surface area contributed by atoms with E-state index in [-0.39, 0.29) is 12.0 Å². The van der Waals surface area contributed by atoms with E-state index in [9.17, 15) is 8.78 Å². The Bertz CT molecular complexity index is 380. The second-order valence-electron chi connectivity index (χ2n) is 3.05. The Kier molecular flexibility index (Phi) is 3.13. The Morgan fingerprint density at radius 3 is 2.64 bits per heavy atom. The van der Waals surface area contributed by atoms with Gasteiger partial charge < -0.3 is 0 Å². The number of aryl methyl sites for hydroxylation is 2. The smallest absolute Gasteiger partial charge is 0.258 e. The van der Waals surface area contributed by atoms with Crippen molar-refractivity contribution < 1.29 is 8.78 Å². The summed E-state index contributed by atoms with van der Waals surface area (Å²) < 4.78 is 25.1. The molecule has 0 N–H and O–H groups in total. The average molecular weight is 196 g/mol. The van der Waals surface area contributed by atoms with Crippen LogP contribution in [0.25, 0.3) is 0 Å². The predicted molar refractivity (Wildman–Crippen MR) is 48.0 cm³/mol. The molecule has 0 amide bonds. The van der Waals surface area contributed by atoms with Gasteiger partial charge in [0.15, 0.2) is 0 Å². The third-order valence-electron chi connectivity index (χ3n) is 1.98. The molecule has 0 bridgehead atoms. The van der Waals surface area contributed by atoms with E-state index >= 15 is 0 Å². The van der Waals surface area contributed by atoms with Crippen LogP contribution < -0.4 is 0 Å². The average Bonchev–Trinajstić information content (AvgIpc) is 2.09. The molecule has 0 saturated heterocycles. The molecule has 0 radical (unpaired) electrons. The number of pyridine rings is 1. The van der Waals surface area contributed by atoms with Crippen LogP contribution in [0.4, 0.5) is 8.78 Å². The lowest BCUT2D eigenvalue weighted by molar-refractivity contribution is 0.150. The summed E-state index contributed by atoms with van der Waals surface area (Å²) in [7, 11) is 0. The Balaban J connectivity index is 3.30. The summed E-state index contributed by atoms with van der Waals surface area (Å²) in [6, 6.07) is 3.20. The predicted octanol–water partition coefficient (Wildman–Crippen LogP) is 2.70. The molecule has 4 heteroatoms. The van der Waals surface area contributed by atoms with E-state index < -0.39 is 6.43 Å². The molecule has 0 unspecified atom stereocenters. The first kappa shape index (κ1) is 10.6. The summed E-state index contributed by atoms with van der Waals surface area (Å²) in [6.45, 7) is 3.31. The van der Waals surface area contributed by atoms with Gasteiger partial charge in [0.25, 0.3) is 6.43 Å².